The summed E-state index contributed by atoms with van der Waals surface area (Å²) in [5.41, 5.74) is 0.769. The molecule has 1 amide bonds. The van der Waals surface area contributed by atoms with Crippen LogP contribution in [-0.4, -0.2) is 23.6 Å². The minimum Gasteiger partial charge on any atom is -0.490 e. The number of rotatable bonds is 6. The van der Waals surface area contributed by atoms with E-state index in [1.165, 1.54) is 12.4 Å². The molecular formula is C19H20Cl2N2O3. The third-order valence-corrected chi connectivity index (χ3v) is 4.77. The Kier molecular flexibility index (Phi) is 6.22. The van der Waals surface area contributed by atoms with Gasteiger partial charge in [-0.25, -0.2) is 0 Å². The van der Waals surface area contributed by atoms with Gasteiger partial charge in [0.05, 0.1) is 28.4 Å². The number of halogens is 2. The lowest BCUT2D eigenvalue weighted by molar-refractivity contribution is 0.102. The Morgan fingerprint density at radius 3 is 2.54 bits per heavy atom. The van der Waals surface area contributed by atoms with Gasteiger partial charge in [0.25, 0.3) is 5.91 Å². The zero-order valence-electron chi connectivity index (χ0n) is 14.4. The van der Waals surface area contributed by atoms with E-state index in [1.54, 1.807) is 18.2 Å². The van der Waals surface area contributed by atoms with Crippen LogP contribution < -0.4 is 14.8 Å². The second-order valence-corrected chi connectivity index (χ2v) is 6.87. The number of nitrogens with one attached hydrogen (secondary N) is 1. The standard InChI is InChI=1S/C19H20Cl2N2O3/c1-2-25-16-8-7-12(9-17(16)26-13-5-3-4-6-13)19(24)23-18-14(20)10-22-11-15(18)21/h7-11,13H,2-6H2,1H3,(H,22,23,24). The third kappa shape index (κ3) is 4.40. The highest BCUT2D eigenvalue weighted by atomic mass is 35.5. The number of carbonyl (C=O) groups excluding carboxylic acids is 1. The van der Waals surface area contributed by atoms with Crippen molar-refractivity contribution in [2.45, 2.75) is 38.7 Å². The Morgan fingerprint density at radius 1 is 1.19 bits per heavy atom. The van der Waals surface area contributed by atoms with Gasteiger partial charge in [-0.05, 0) is 50.8 Å². The van der Waals surface area contributed by atoms with Gasteiger partial charge >= 0.3 is 0 Å². The van der Waals surface area contributed by atoms with Crippen molar-refractivity contribution in [1.29, 1.82) is 0 Å². The number of aromatic nitrogens is 1. The summed E-state index contributed by atoms with van der Waals surface area (Å²) in [6, 6.07) is 5.13. The van der Waals surface area contributed by atoms with E-state index in [2.05, 4.69) is 10.3 Å². The molecule has 1 N–H and O–H groups in total. The minimum atomic E-state index is -0.334. The average molecular weight is 395 g/mol. The van der Waals surface area contributed by atoms with Crippen molar-refractivity contribution >= 4 is 34.8 Å². The van der Waals surface area contributed by atoms with Crippen LogP contribution in [0.25, 0.3) is 0 Å². The molecule has 1 aromatic heterocycles. The molecule has 26 heavy (non-hydrogen) atoms. The highest BCUT2D eigenvalue weighted by Crippen LogP contribution is 2.34. The van der Waals surface area contributed by atoms with Gasteiger partial charge in [-0.15, -0.1) is 0 Å². The maximum Gasteiger partial charge on any atom is 0.255 e. The molecule has 7 heteroatoms. The Balaban J connectivity index is 1.83. The van der Waals surface area contributed by atoms with E-state index < -0.39 is 0 Å². The van der Waals surface area contributed by atoms with E-state index in [0.717, 1.165) is 25.7 Å². The lowest BCUT2D eigenvalue weighted by Gasteiger charge is -2.17. The van der Waals surface area contributed by atoms with Crippen molar-refractivity contribution in [3.63, 3.8) is 0 Å². The fraction of sp³-hybridized carbons (Fsp3) is 0.368. The van der Waals surface area contributed by atoms with Crippen LogP contribution in [-0.2, 0) is 0 Å². The van der Waals surface area contributed by atoms with E-state index in [1.807, 2.05) is 6.92 Å². The molecule has 2 aromatic rings. The first kappa shape index (κ1) is 18.8. The second-order valence-electron chi connectivity index (χ2n) is 6.05. The number of amides is 1. The normalized spacial score (nSPS) is 14.3. The summed E-state index contributed by atoms with van der Waals surface area (Å²) in [4.78, 5) is 16.5. The first-order valence-electron chi connectivity index (χ1n) is 8.62. The SMILES string of the molecule is CCOc1ccc(C(=O)Nc2c(Cl)cncc2Cl)cc1OC1CCCC1. The van der Waals surface area contributed by atoms with E-state index in [-0.39, 0.29) is 22.1 Å². The molecule has 1 aliphatic rings. The quantitative estimate of drug-likeness (QED) is 0.715. The molecule has 1 heterocycles. The Morgan fingerprint density at radius 2 is 1.88 bits per heavy atom. The zero-order chi connectivity index (χ0) is 18.5. The van der Waals surface area contributed by atoms with Gasteiger partial charge in [0.15, 0.2) is 11.5 Å². The van der Waals surface area contributed by atoms with Crippen molar-refractivity contribution in [2.24, 2.45) is 0 Å². The number of nitrogens with zero attached hydrogens (tertiary/aromatic N) is 1. The molecule has 138 valence electrons. The fourth-order valence-corrected chi connectivity index (χ4v) is 3.38. The highest BCUT2D eigenvalue weighted by Gasteiger charge is 2.20. The zero-order valence-corrected chi connectivity index (χ0v) is 15.9. The molecule has 0 aliphatic heterocycles. The summed E-state index contributed by atoms with van der Waals surface area (Å²) in [6.45, 7) is 2.43. The van der Waals surface area contributed by atoms with Gasteiger partial charge in [0.2, 0.25) is 0 Å². The maximum atomic E-state index is 12.6. The first-order chi connectivity index (χ1) is 12.6. The van der Waals surface area contributed by atoms with Crippen molar-refractivity contribution < 1.29 is 14.3 Å². The molecule has 0 unspecified atom stereocenters. The largest absolute Gasteiger partial charge is 0.490 e. The number of carbonyl (C=O) groups is 1. The second kappa shape index (κ2) is 8.60. The topological polar surface area (TPSA) is 60.5 Å². The molecular weight excluding hydrogens is 375 g/mol. The lowest BCUT2D eigenvalue weighted by Crippen LogP contribution is -2.15. The van der Waals surface area contributed by atoms with Crippen molar-refractivity contribution in [2.75, 3.05) is 11.9 Å². The van der Waals surface area contributed by atoms with Crippen LogP contribution in [0.1, 0.15) is 43.0 Å². The average Bonchev–Trinajstić information content (AvgIpc) is 3.13. The monoisotopic (exact) mass is 394 g/mol. The molecule has 1 saturated carbocycles. The van der Waals surface area contributed by atoms with Gasteiger partial charge in [0, 0.05) is 18.0 Å². The van der Waals surface area contributed by atoms with Crippen LogP contribution in [0, 0.1) is 0 Å². The predicted molar refractivity (Wildman–Crippen MR) is 103 cm³/mol. The Bertz CT molecular complexity index is 772. The molecule has 0 radical (unpaired) electrons. The molecule has 0 spiro atoms. The molecule has 1 aromatic carbocycles. The van der Waals surface area contributed by atoms with Crippen LogP contribution in [0.2, 0.25) is 10.0 Å². The van der Waals surface area contributed by atoms with Gasteiger partial charge in [-0.3, -0.25) is 9.78 Å². The van der Waals surface area contributed by atoms with Crippen molar-refractivity contribution in [3.8, 4) is 11.5 Å². The van der Waals surface area contributed by atoms with E-state index in [0.29, 0.717) is 29.4 Å². The summed E-state index contributed by atoms with van der Waals surface area (Å²) in [5.74, 6) is 0.883. The van der Waals surface area contributed by atoms with E-state index in [9.17, 15) is 4.79 Å². The van der Waals surface area contributed by atoms with Gasteiger partial charge in [-0.2, -0.15) is 0 Å². The van der Waals surface area contributed by atoms with E-state index in [4.69, 9.17) is 32.7 Å². The van der Waals surface area contributed by atoms with Gasteiger partial charge in [-0.1, -0.05) is 23.2 Å². The van der Waals surface area contributed by atoms with Crippen LogP contribution in [0.15, 0.2) is 30.6 Å². The number of hydrogen-bond donors (Lipinski definition) is 1. The number of pyridine rings is 1. The Labute approximate surface area is 162 Å². The number of anilines is 1. The molecule has 0 bridgehead atoms. The lowest BCUT2D eigenvalue weighted by atomic mass is 10.1. The highest BCUT2D eigenvalue weighted by molar-refractivity contribution is 6.39. The summed E-state index contributed by atoms with van der Waals surface area (Å²) in [7, 11) is 0. The van der Waals surface area contributed by atoms with Crippen LogP contribution in [0.4, 0.5) is 5.69 Å². The summed E-state index contributed by atoms with van der Waals surface area (Å²) in [5, 5.41) is 3.28. The molecule has 5 nitrogen and oxygen atoms in total. The summed E-state index contributed by atoms with van der Waals surface area (Å²) >= 11 is 12.1. The van der Waals surface area contributed by atoms with Crippen LogP contribution in [0.5, 0.6) is 11.5 Å². The molecule has 1 fully saturated rings. The van der Waals surface area contributed by atoms with Gasteiger partial charge in [0.1, 0.15) is 0 Å². The minimum absolute atomic E-state index is 0.164. The van der Waals surface area contributed by atoms with Crippen molar-refractivity contribution in [1.82, 2.24) is 4.98 Å². The maximum absolute atomic E-state index is 12.6. The van der Waals surface area contributed by atoms with Crippen LogP contribution in [0.3, 0.4) is 0 Å². The van der Waals surface area contributed by atoms with E-state index >= 15 is 0 Å². The summed E-state index contributed by atoms with van der Waals surface area (Å²) in [6.07, 6.45) is 7.37. The first-order valence-corrected chi connectivity index (χ1v) is 9.38. The fourth-order valence-electron chi connectivity index (χ4n) is 2.92. The molecule has 3 rings (SSSR count). The predicted octanol–water partition coefficient (Wildman–Crippen LogP) is 5.36. The molecule has 0 atom stereocenters. The van der Waals surface area contributed by atoms with Crippen molar-refractivity contribution in [3.05, 3.63) is 46.2 Å². The number of ether oxygens (including phenoxy) is 2. The summed E-state index contributed by atoms with van der Waals surface area (Å²) < 4.78 is 11.7. The third-order valence-electron chi connectivity index (χ3n) is 4.19. The molecule has 1 aliphatic carbocycles. The number of hydrogen-bond acceptors (Lipinski definition) is 4. The van der Waals surface area contributed by atoms with Gasteiger partial charge < -0.3 is 14.8 Å². The number of benzene rings is 1. The smallest absolute Gasteiger partial charge is 0.255 e. The Hall–Kier alpha value is -1.98. The molecule has 0 saturated heterocycles. The van der Waals surface area contributed by atoms with Crippen LogP contribution >= 0.6 is 23.2 Å².